The molecule has 0 spiro atoms. The molecule has 0 saturated carbocycles. The van der Waals surface area contributed by atoms with Crippen LogP contribution in [0, 0.1) is 5.82 Å². The van der Waals surface area contributed by atoms with Gasteiger partial charge in [0, 0.05) is 5.56 Å². The van der Waals surface area contributed by atoms with Gasteiger partial charge in [-0.15, -0.1) is 0 Å². The number of hydrogen-bond acceptors (Lipinski definition) is 6. The molecule has 0 radical (unpaired) electrons. The Labute approximate surface area is 216 Å². The van der Waals surface area contributed by atoms with Crippen LogP contribution in [0.25, 0.3) is 6.08 Å². The van der Waals surface area contributed by atoms with E-state index in [1.807, 2.05) is 6.92 Å². The summed E-state index contributed by atoms with van der Waals surface area (Å²) in [7, 11) is 0. The Bertz CT molecular complexity index is 1500. The lowest BCUT2D eigenvalue weighted by Crippen LogP contribution is -2.40. The maximum atomic E-state index is 14.4. The normalized spacial score (nSPS) is 15.3. The second-order valence-corrected chi connectivity index (χ2v) is 9.44. The number of ether oxygens (including phenoxy) is 2. The summed E-state index contributed by atoms with van der Waals surface area (Å²) in [6.45, 7) is 7.89. The van der Waals surface area contributed by atoms with Gasteiger partial charge in [0.2, 0.25) is 0 Å². The molecule has 1 aliphatic heterocycles. The predicted octanol–water partition coefficient (Wildman–Crippen LogP) is 4.55. The first-order valence-electron chi connectivity index (χ1n) is 11.3. The molecule has 1 atom stereocenters. The SMILES string of the molecule is C=CCOC(=O)C1=C(C)N=c2sc(=Cc3c(F)cccc3Cl)c(=O)n2C1c1ccc(OCCC)cc1. The molecule has 0 fully saturated rings. The van der Waals surface area contributed by atoms with Crippen LogP contribution in [0.4, 0.5) is 4.39 Å². The molecular formula is C27H24ClFN2O4S. The average molecular weight is 527 g/mol. The van der Waals surface area contributed by atoms with Gasteiger partial charge in [-0.2, -0.15) is 0 Å². The van der Waals surface area contributed by atoms with Crippen LogP contribution in [0.1, 0.15) is 37.4 Å². The van der Waals surface area contributed by atoms with Gasteiger partial charge in [-0.25, -0.2) is 14.2 Å². The van der Waals surface area contributed by atoms with Crippen LogP contribution in [-0.4, -0.2) is 23.8 Å². The number of carbonyl (C=O) groups is 1. The highest BCUT2D eigenvalue weighted by atomic mass is 35.5. The third-order valence-electron chi connectivity index (χ3n) is 5.52. The summed E-state index contributed by atoms with van der Waals surface area (Å²) in [6, 6.07) is 10.7. The van der Waals surface area contributed by atoms with Crippen molar-refractivity contribution < 1.29 is 18.7 Å². The molecule has 36 heavy (non-hydrogen) atoms. The number of nitrogens with zero attached hydrogens (tertiary/aromatic N) is 2. The number of aromatic nitrogens is 1. The fraction of sp³-hybridized carbons (Fsp3) is 0.222. The molecule has 0 N–H and O–H groups in total. The van der Waals surface area contributed by atoms with E-state index in [1.165, 1.54) is 28.9 Å². The molecule has 0 aliphatic carbocycles. The number of halogens is 2. The molecule has 2 heterocycles. The van der Waals surface area contributed by atoms with Crippen LogP contribution in [0.5, 0.6) is 5.75 Å². The molecule has 3 aromatic rings. The summed E-state index contributed by atoms with van der Waals surface area (Å²) in [6.07, 6.45) is 3.75. The predicted molar refractivity (Wildman–Crippen MR) is 139 cm³/mol. The number of allylic oxidation sites excluding steroid dienone is 1. The van der Waals surface area contributed by atoms with Crippen molar-refractivity contribution in [1.82, 2.24) is 4.57 Å². The molecule has 9 heteroatoms. The van der Waals surface area contributed by atoms with Gasteiger partial charge < -0.3 is 9.47 Å². The third kappa shape index (κ3) is 5.05. The van der Waals surface area contributed by atoms with Crippen molar-refractivity contribution in [3.63, 3.8) is 0 Å². The Balaban J connectivity index is 1.90. The van der Waals surface area contributed by atoms with E-state index in [4.69, 9.17) is 21.1 Å². The highest BCUT2D eigenvalue weighted by Gasteiger charge is 2.33. The lowest BCUT2D eigenvalue weighted by atomic mass is 9.96. The van der Waals surface area contributed by atoms with Crippen molar-refractivity contribution in [2.24, 2.45) is 4.99 Å². The molecule has 1 aliphatic rings. The van der Waals surface area contributed by atoms with E-state index in [2.05, 4.69) is 11.6 Å². The molecule has 1 aromatic heterocycles. The minimum Gasteiger partial charge on any atom is -0.494 e. The van der Waals surface area contributed by atoms with Crippen LogP contribution in [0.3, 0.4) is 0 Å². The Morgan fingerprint density at radius 3 is 2.69 bits per heavy atom. The van der Waals surface area contributed by atoms with Gasteiger partial charge in [-0.3, -0.25) is 9.36 Å². The monoisotopic (exact) mass is 526 g/mol. The van der Waals surface area contributed by atoms with Gasteiger partial charge in [0.05, 0.1) is 33.5 Å². The number of hydrogen-bond donors (Lipinski definition) is 0. The van der Waals surface area contributed by atoms with Gasteiger partial charge in [0.25, 0.3) is 5.56 Å². The number of rotatable bonds is 8. The first kappa shape index (κ1) is 25.6. The van der Waals surface area contributed by atoms with E-state index in [9.17, 15) is 14.0 Å². The number of esters is 1. The van der Waals surface area contributed by atoms with E-state index in [1.54, 1.807) is 37.3 Å². The molecule has 0 saturated heterocycles. The van der Waals surface area contributed by atoms with E-state index in [0.717, 1.165) is 17.8 Å². The summed E-state index contributed by atoms with van der Waals surface area (Å²) in [4.78, 5) is 31.6. The Morgan fingerprint density at radius 1 is 1.28 bits per heavy atom. The zero-order valence-corrected chi connectivity index (χ0v) is 21.4. The van der Waals surface area contributed by atoms with E-state index < -0.39 is 23.4 Å². The first-order valence-corrected chi connectivity index (χ1v) is 12.5. The smallest absolute Gasteiger partial charge is 0.338 e. The summed E-state index contributed by atoms with van der Waals surface area (Å²) >= 11 is 7.28. The van der Waals surface area contributed by atoms with Crippen molar-refractivity contribution in [3.05, 3.63) is 108 Å². The molecular weight excluding hydrogens is 503 g/mol. The van der Waals surface area contributed by atoms with Crippen LogP contribution in [0.15, 0.2) is 76.2 Å². The largest absolute Gasteiger partial charge is 0.494 e. The quantitative estimate of drug-likeness (QED) is 0.319. The van der Waals surface area contributed by atoms with Crippen molar-refractivity contribution in [1.29, 1.82) is 0 Å². The van der Waals surface area contributed by atoms with Gasteiger partial charge in [-0.05, 0) is 49.2 Å². The van der Waals surface area contributed by atoms with Crippen LogP contribution >= 0.6 is 22.9 Å². The van der Waals surface area contributed by atoms with Crippen LogP contribution < -0.4 is 19.6 Å². The van der Waals surface area contributed by atoms with Gasteiger partial charge in [-0.1, -0.05) is 60.7 Å². The second-order valence-electron chi connectivity index (χ2n) is 8.02. The zero-order chi connectivity index (χ0) is 25.8. The lowest BCUT2D eigenvalue weighted by molar-refractivity contribution is -0.138. The zero-order valence-electron chi connectivity index (χ0n) is 19.8. The maximum absolute atomic E-state index is 14.4. The maximum Gasteiger partial charge on any atom is 0.338 e. The minimum absolute atomic E-state index is 0.0162. The number of thiazole rings is 1. The fourth-order valence-electron chi connectivity index (χ4n) is 3.86. The van der Waals surface area contributed by atoms with Gasteiger partial charge in [0.15, 0.2) is 4.80 Å². The molecule has 186 valence electrons. The molecule has 1 unspecified atom stereocenters. The van der Waals surface area contributed by atoms with E-state index in [0.29, 0.717) is 28.4 Å². The first-order chi connectivity index (χ1) is 17.3. The fourth-order valence-corrected chi connectivity index (χ4v) is 5.10. The molecule has 0 amide bonds. The highest BCUT2D eigenvalue weighted by molar-refractivity contribution is 7.07. The van der Waals surface area contributed by atoms with Gasteiger partial charge in [0.1, 0.15) is 18.2 Å². The Morgan fingerprint density at radius 2 is 2.03 bits per heavy atom. The molecule has 0 bridgehead atoms. The summed E-state index contributed by atoms with van der Waals surface area (Å²) in [5.74, 6) is -0.463. The molecule has 2 aromatic carbocycles. The molecule has 4 rings (SSSR count). The Hall–Kier alpha value is -3.49. The number of carbonyl (C=O) groups excluding carboxylic acids is 1. The van der Waals surface area contributed by atoms with E-state index in [-0.39, 0.29) is 27.3 Å². The number of fused-ring (bicyclic) bond motifs is 1. The standard InChI is InChI=1S/C27H24ClFN2O4S/c1-4-13-34-18-11-9-17(10-12-18)24-23(26(33)35-14-5-2)16(3)30-27-31(24)25(32)22(36-27)15-19-20(28)7-6-8-21(19)29/h5-12,15,24H,2,4,13-14H2,1,3H3. The van der Waals surface area contributed by atoms with Crippen LogP contribution in [0.2, 0.25) is 5.02 Å². The summed E-state index contributed by atoms with van der Waals surface area (Å²) in [5, 5.41) is 0.185. The Kier molecular flexibility index (Phi) is 7.86. The van der Waals surface area contributed by atoms with Crippen molar-refractivity contribution in [2.45, 2.75) is 26.3 Å². The van der Waals surface area contributed by atoms with Crippen LogP contribution in [-0.2, 0) is 9.53 Å². The third-order valence-corrected chi connectivity index (χ3v) is 6.83. The van der Waals surface area contributed by atoms with Crippen molar-refractivity contribution >= 4 is 35.0 Å². The minimum atomic E-state index is -0.794. The average Bonchev–Trinajstić information content (AvgIpc) is 3.17. The highest BCUT2D eigenvalue weighted by Crippen LogP contribution is 2.31. The van der Waals surface area contributed by atoms with E-state index >= 15 is 0 Å². The van der Waals surface area contributed by atoms with Gasteiger partial charge >= 0.3 is 5.97 Å². The molecule has 6 nitrogen and oxygen atoms in total. The topological polar surface area (TPSA) is 69.9 Å². The summed E-state index contributed by atoms with van der Waals surface area (Å²) in [5.41, 5.74) is 1.03. The second kappa shape index (κ2) is 11.1. The number of benzene rings is 2. The van der Waals surface area contributed by atoms with Crippen molar-refractivity contribution in [3.8, 4) is 5.75 Å². The lowest BCUT2D eigenvalue weighted by Gasteiger charge is -2.24. The summed E-state index contributed by atoms with van der Waals surface area (Å²) < 4.78 is 27.1. The van der Waals surface area contributed by atoms with Crippen molar-refractivity contribution in [2.75, 3.05) is 13.2 Å².